The Bertz CT molecular complexity index is 1480. The minimum Gasteiger partial charge on any atom is -0.394 e. The van der Waals surface area contributed by atoms with Crippen LogP contribution in [0.4, 0.5) is 0 Å². The first kappa shape index (κ1) is 29.2. The van der Waals surface area contributed by atoms with Gasteiger partial charge in [-0.3, -0.25) is 4.89 Å². The van der Waals surface area contributed by atoms with Crippen LogP contribution < -0.4 is 9.05 Å². The van der Waals surface area contributed by atoms with Crippen molar-refractivity contribution in [2.45, 2.75) is 79.1 Å². The second-order valence-electron chi connectivity index (χ2n) is 12.3. The van der Waals surface area contributed by atoms with Crippen LogP contribution in [0.25, 0.3) is 33.4 Å². The average molecular weight is 569 g/mol. The van der Waals surface area contributed by atoms with Gasteiger partial charge in [-0.1, -0.05) is 128 Å². The number of hydrogen-bond donors (Lipinski definition) is 1. The molecule has 4 aromatic carbocycles. The predicted molar refractivity (Wildman–Crippen MR) is 170 cm³/mol. The molecular formula is C36H41O4P. The first-order valence-corrected chi connectivity index (χ1v) is 16.2. The molecule has 0 atom stereocenters. The van der Waals surface area contributed by atoms with Crippen LogP contribution in [0.15, 0.2) is 72.8 Å². The fraction of sp³-hybridized carbons (Fsp3) is 0.333. The molecule has 41 heavy (non-hydrogen) atoms. The van der Waals surface area contributed by atoms with Crippen molar-refractivity contribution in [2.75, 3.05) is 0 Å². The zero-order chi connectivity index (χ0) is 29.6. The summed E-state index contributed by atoms with van der Waals surface area (Å²) in [6, 6.07) is 24.7. The van der Waals surface area contributed by atoms with E-state index in [4.69, 9.17) is 9.05 Å². The Morgan fingerprint density at radius 2 is 0.756 bits per heavy atom. The molecule has 0 radical (unpaired) electrons. The van der Waals surface area contributed by atoms with E-state index in [0.29, 0.717) is 11.5 Å². The van der Waals surface area contributed by atoms with Crippen molar-refractivity contribution < 1.29 is 18.5 Å². The lowest BCUT2D eigenvalue weighted by Crippen LogP contribution is -2.04. The number of phosphoric acid groups is 1. The molecule has 4 nitrogen and oxygen atoms in total. The van der Waals surface area contributed by atoms with Crippen LogP contribution in [0.2, 0.25) is 0 Å². The van der Waals surface area contributed by atoms with Crippen LogP contribution in [-0.2, 0) is 4.57 Å². The maximum Gasteiger partial charge on any atom is 0.584 e. The lowest BCUT2D eigenvalue weighted by atomic mass is 9.82. The average Bonchev–Trinajstić information content (AvgIpc) is 3.04. The fourth-order valence-electron chi connectivity index (χ4n) is 6.06. The normalized spacial score (nSPS) is 14.1. The van der Waals surface area contributed by atoms with Gasteiger partial charge < -0.3 is 9.05 Å². The second-order valence-corrected chi connectivity index (χ2v) is 13.6. The van der Waals surface area contributed by atoms with E-state index < -0.39 is 7.82 Å². The molecule has 0 amide bonds. The Kier molecular flexibility index (Phi) is 7.94. The van der Waals surface area contributed by atoms with Crippen molar-refractivity contribution in [3.05, 3.63) is 95.1 Å². The Morgan fingerprint density at radius 1 is 0.488 bits per heavy atom. The second kappa shape index (κ2) is 11.2. The minimum absolute atomic E-state index is 0.253. The molecule has 1 aliphatic rings. The molecule has 5 rings (SSSR count). The highest BCUT2D eigenvalue weighted by Crippen LogP contribution is 2.59. The molecule has 1 aliphatic heterocycles. The summed E-state index contributed by atoms with van der Waals surface area (Å²) in [5.41, 5.74) is 9.90. The van der Waals surface area contributed by atoms with Crippen molar-refractivity contribution in [1.82, 2.24) is 0 Å². The molecule has 0 fully saturated rings. The summed E-state index contributed by atoms with van der Waals surface area (Å²) in [7, 11) is -4.54. The van der Waals surface area contributed by atoms with Crippen molar-refractivity contribution in [1.29, 1.82) is 0 Å². The summed E-state index contributed by atoms with van der Waals surface area (Å²) in [6.45, 7) is 17.4. The van der Waals surface area contributed by atoms with Crippen LogP contribution in [-0.4, -0.2) is 4.89 Å². The Morgan fingerprint density at radius 3 is 1.05 bits per heavy atom. The van der Waals surface area contributed by atoms with Crippen LogP contribution in [0.3, 0.4) is 0 Å². The van der Waals surface area contributed by atoms with Gasteiger partial charge in [0, 0.05) is 22.3 Å². The fourth-order valence-corrected chi connectivity index (χ4v) is 6.95. The monoisotopic (exact) mass is 568 g/mol. The SMILES string of the molecule is CC(C)c1cccc(C(C)C)c1-c1cccc2c1OP(=O)(O)Oc1c-2cccc1-c1c(C(C)C)cccc1C(C)C. The highest BCUT2D eigenvalue weighted by Gasteiger charge is 2.36. The van der Waals surface area contributed by atoms with Crippen molar-refractivity contribution in [2.24, 2.45) is 0 Å². The minimum atomic E-state index is -4.54. The maximum atomic E-state index is 13.7. The van der Waals surface area contributed by atoms with E-state index in [-0.39, 0.29) is 23.7 Å². The van der Waals surface area contributed by atoms with Crippen LogP contribution in [0, 0.1) is 0 Å². The molecule has 1 N–H and O–H groups in total. The molecule has 0 aromatic heterocycles. The van der Waals surface area contributed by atoms with Gasteiger partial charge in [0.05, 0.1) is 0 Å². The zero-order valence-corrected chi connectivity index (χ0v) is 26.3. The summed E-state index contributed by atoms with van der Waals surface area (Å²) >= 11 is 0. The number of para-hydroxylation sites is 2. The summed E-state index contributed by atoms with van der Waals surface area (Å²) in [5, 5.41) is 0. The molecule has 0 bridgehead atoms. The zero-order valence-electron chi connectivity index (χ0n) is 25.4. The highest BCUT2D eigenvalue weighted by atomic mass is 31.2. The lowest BCUT2D eigenvalue weighted by molar-refractivity contribution is 0.295. The standard InChI is InChI=1S/C36H41O4P/c1-21(2)25-13-9-14-26(22(3)4)33(25)31-19-11-17-29-30-18-12-20-32(36(30)40-41(37,38)39-35(29)31)34-27(23(5)6)15-10-16-28(34)24(7)8/h9-24H,1-8H3,(H,37,38). The summed E-state index contributed by atoms with van der Waals surface area (Å²) in [4.78, 5) is 11.2. The molecule has 0 saturated carbocycles. The van der Waals surface area contributed by atoms with Crippen molar-refractivity contribution in [3.63, 3.8) is 0 Å². The molecule has 0 spiro atoms. The van der Waals surface area contributed by atoms with E-state index >= 15 is 0 Å². The van der Waals surface area contributed by atoms with Gasteiger partial charge in [-0.05, 0) is 57.1 Å². The smallest absolute Gasteiger partial charge is 0.394 e. The van der Waals surface area contributed by atoms with Crippen molar-refractivity contribution in [3.8, 4) is 44.9 Å². The first-order valence-electron chi connectivity index (χ1n) is 14.7. The van der Waals surface area contributed by atoms with Gasteiger partial charge in [0.2, 0.25) is 0 Å². The summed E-state index contributed by atoms with van der Waals surface area (Å²) in [5.74, 6) is 1.77. The molecule has 5 heteroatoms. The van der Waals surface area contributed by atoms with E-state index in [9.17, 15) is 9.46 Å². The van der Waals surface area contributed by atoms with Gasteiger partial charge >= 0.3 is 7.82 Å². The number of benzene rings is 4. The van der Waals surface area contributed by atoms with E-state index in [0.717, 1.165) is 33.4 Å². The van der Waals surface area contributed by atoms with Gasteiger partial charge in [-0.2, -0.15) is 0 Å². The Hall–Kier alpha value is -3.33. The topological polar surface area (TPSA) is 55.8 Å². The number of rotatable bonds is 6. The quantitative estimate of drug-likeness (QED) is 0.235. The third kappa shape index (κ3) is 5.36. The Labute approximate surface area is 245 Å². The lowest BCUT2D eigenvalue weighted by Gasteiger charge is -2.22. The van der Waals surface area contributed by atoms with Crippen LogP contribution in [0.1, 0.15) is 101 Å². The highest BCUT2D eigenvalue weighted by molar-refractivity contribution is 7.48. The van der Waals surface area contributed by atoms with E-state index in [1.807, 2.05) is 36.4 Å². The van der Waals surface area contributed by atoms with Crippen molar-refractivity contribution >= 4 is 7.82 Å². The third-order valence-electron chi connectivity index (χ3n) is 8.02. The van der Waals surface area contributed by atoms with Gasteiger partial charge in [0.25, 0.3) is 0 Å². The van der Waals surface area contributed by atoms with E-state index in [2.05, 4.69) is 91.8 Å². The number of hydrogen-bond acceptors (Lipinski definition) is 3. The number of phosphoric ester groups is 1. The van der Waals surface area contributed by atoms with E-state index in [1.165, 1.54) is 22.3 Å². The van der Waals surface area contributed by atoms with Gasteiger partial charge in [0.1, 0.15) is 11.5 Å². The molecule has 0 saturated heterocycles. The van der Waals surface area contributed by atoms with Crippen LogP contribution >= 0.6 is 7.82 Å². The molecule has 0 unspecified atom stereocenters. The molecule has 4 aromatic rings. The summed E-state index contributed by atoms with van der Waals surface area (Å²) in [6.07, 6.45) is 0. The Balaban J connectivity index is 1.86. The molecule has 1 heterocycles. The summed E-state index contributed by atoms with van der Waals surface area (Å²) < 4.78 is 25.8. The van der Waals surface area contributed by atoms with Gasteiger partial charge in [0.15, 0.2) is 0 Å². The molecular weight excluding hydrogens is 527 g/mol. The predicted octanol–water partition coefficient (Wildman–Crippen LogP) is 11.1. The van der Waals surface area contributed by atoms with E-state index in [1.54, 1.807) is 0 Å². The number of fused-ring (bicyclic) bond motifs is 3. The van der Waals surface area contributed by atoms with Gasteiger partial charge in [-0.15, -0.1) is 0 Å². The molecule has 214 valence electrons. The first-order chi connectivity index (χ1) is 19.4. The van der Waals surface area contributed by atoms with Crippen LogP contribution in [0.5, 0.6) is 11.5 Å². The molecule has 0 aliphatic carbocycles. The largest absolute Gasteiger partial charge is 0.584 e. The maximum absolute atomic E-state index is 13.7. The third-order valence-corrected chi connectivity index (χ3v) is 8.84. The van der Waals surface area contributed by atoms with Gasteiger partial charge in [-0.25, -0.2) is 4.57 Å².